The lowest BCUT2D eigenvalue weighted by Crippen LogP contribution is -2.38. The number of guanidine groups is 1. The Hall–Kier alpha value is -1.42. The lowest BCUT2D eigenvalue weighted by atomic mass is 10.2. The first kappa shape index (κ1) is 15.0. The van der Waals surface area contributed by atoms with Gasteiger partial charge >= 0.3 is 0 Å². The number of halogens is 1. The largest absolute Gasteiger partial charge is 0.492 e. The second-order valence-electron chi connectivity index (χ2n) is 4.94. The van der Waals surface area contributed by atoms with Gasteiger partial charge in [-0.05, 0) is 37.1 Å². The lowest BCUT2D eigenvalue weighted by molar-refractivity contribution is 0.327. The fourth-order valence-electron chi connectivity index (χ4n) is 2.25. The first-order valence-electron chi connectivity index (χ1n) is 7.19. The molecule has 20 heavy (non-hydrogen) atoms. The SMILES string of the molecule is NC(=NCCOc1ccc(Cl)cc1)N1CCCCCC1. The Bertz CT molecular complexity index is 425. The summed E-state index contributed by atoms with van der Waals surface area (Å²) in [6.07, 6.45) is 5.00. The van der Waals surface area contributed by atoms with Crippen LogP contribution in [-0.4, -0.2) is 37.1 Å². The van der Waals surface area contributed by atoms with Crippen LogP contribution in [0.4, 0.5) is 0 Å². The summed E-state index contributed by atoms with van der Waals surface area (Å²) in [6.45, 7) is 3.14. The Morgan fingerprint density at radius 1 is 1.15 bits per heavy atom. The van der Waals surface area contributed by atoms with Gasteiger partial charge in [0, 0.05) is 18.1 Å². The molecule has 2 N–H and O–H groups in total. The van der Waals surface area contributed by atoms with Crippen LogP contribution in [0.1, 0.15) is 25.7 Å². The molecule has 0 atom stereocenters. The number of nitrogens with two attached hydrogens (primary N) is 1. The molecular formula is C15H22ClN3O. The Balaban J connectivity index is 1.73. The van der Waals surface area contributed by atoms with Crippen molar-refractivity contribution in [2.75, 3.05) is 26.2 Å². The van der Waals surface area contributed by atoms with Crippen LogP contribution >= 0.6 is 11.6 Å². The highest BCUT2D eigenvalue weighted by Gasteiger charge is 2.10. The molecule has 1 fully saturated rings. The van der Waals surface area contributed by atoms with Gasteiger partial charge in [0.05, 0.1) is 6.54 Å². The zero-order valence-corrected chi connectivity index (χ0v) is 12.5. The zero-order valence-electron chi connectivity index (χ0n) is 11.7. The number of likely N-dealkylation sites (tertiary alicyclic amines) is 1. The maximum atomic E-state index is 6.02. The minimum absolute atomic E-state index is 0.524. The lowest BCUT2D eigenvalue weighted by Gasteiger charge is -2.21. The molecule has 0 spiro atoms. The molecule has 1 heterocycles. The standard InChI is InChI=1S/C15H22ClN3O/c16-13-5-7-14(8-6-13)20-12-9-18-15(17)19-10-3-1-2-4-11-19/h5-8H,1-4,9-12H2,(H2,17,18). The number of aliphatic imine (C=N–C) groups is 1. The number of hydrogen-bond donors (Lipinski definition) is 1. The minimum Gasteiger partial charge on any atom is -0.492 e. The highest BCUT2D eigenvalue weighted by Crippen LogP contribution is 2.15. The fraction of sp³-hybridized carbons (Fsp3) is 0.533. The van der Waals surface area contributed by atoms with Gasteiger partial charge in [-0.2, -0.15) is 0 Å². The predicted octanol–water partition coefficient (Wildman–Crippen LogP) is 2.91. The maximum absolute atomic E-state index is 6.02. The third-order valence-electron chi connectivity index (χ3n) is 3.38. The molecule has 0 aliphatic carbocycles. The van der Waals surface area contributed by atoms with Crippen molar-refractivity contribution in [1.29, 1.82) is 0 Å². The summed E-state index contributed by atoms with van der Waals surface area (Å²) in [5.74, 6) is 1.45. The molecule has 0 amide bonds. The quantitative estimate of drug-likeness (QED) is 0.528. The second kappa shape index (κ2) is 8.00. The summed E-state index contributed by atoms with van der Waals surface area (Å²) in [6, 6.07) is 7.33. The van der Waals surface area contributed by atoms with E-state index in [0.717, 1.165) is 18.8 Å². The Labute approximate surface area is 125 Å². The van der Waals surface area contributed by atoms with Crippen LogP contribution in [-0.2, 0) is 0 Å². The molecule has 1 aliphatic rings. The molecule has 1 aromatic carbocycles. The molecule has 1 aromatic rings. The summed E-state index contributed by atoms with van der Waals surface area (Å²) in [5.41, 5.74) is 6.02. The number of ether oxygens (including phenoxy) is 1. The van der Waals surface area contributed by atoms with Crippen LogP contribution in [0.5, 0.6) is 5.75 Å². The highest BCUT2D eigenvalue weighted by molar-refractivity contribution is 6.30. The van der Waals surface area contributed by atoms with Gasteiger partial charge in [-0.1, -0.05) is 24.4 Å². The van der Waals surface area contributed by atoms with E-state index in [0.29, 0.717) is 24.1 Å². The van der Waals surface area contributed by atoms with Gasteiger partial charge in [0.25, 0.3) is 0 Å². The molecule has 0 bridgehead atoms. The van der Waals surface area contributed by atoms with E-state index in [2.05, 4.69) is 9.89 Å². The van der Waals surface area contributed by atoms with E-state index >= 15 is 0 Å². The van der Waals surface area contributed by atoms with Crippen molar-refractivity contribution in [2.45, 2.75) is 25.7 Å². The Morgan fingerprint density at radius 3 is 2.45 bits per heavy atom. The van der Waals surface area contributed by atoms with Gasteiger partial charge in [-0.25, -0.2) is 4.99 Å². The molecule has 2 rings (SSSR count). The van der Waals surface area contributed by atoms with Crippen LogP contribution < -0.4 is 10.5 Å². The van der Waals surface area contributed by atoms with Crippen molar-refractivity contribution in [1.82, 2.24) is 4.90 Å². The molecule has 110 valence electrons. The van der Waals surface area contributed by atoms with E-state index < -0.39 is 0 Å². The van der Waals surface area contributed by atoms with E-state index in [1.54, 1.807) is 0 Å². The summed E-state index contributed by atoms with van der Waals surface area (Å²) in [5, 5.41) is 0.709. The second-order valence-corrected chi connectivity index (χ2v) is 5.38. The number of benzene rings is 1. The van der Waals surface area contributed by atoms with Crippen LogP contribution in [0.3, 0.4) is 0 Å². The molecule has 4 nitrogen and oxygen atoms in total. The normalized spacial score (nSPS) is 16.9. The average molecular weight is 296 g/mol. The van der Waals surface area contributed by atoms with Gasteiger partial charge in [-0.3, -0.25) is 0 Å². The first-order chi connectivity index (χ1) is 9.75. The van der Waals surface area contributed by atoms with Crippen molar-refractivity contribution in [2.24, 2.45) is 10.7 Å². The van der Waals surface area contributed by atoms with Gasteiger partial charge in [-0.15, -0.1) is 0 Å². The smallest absolute Gasteiger partial charge is 0.191 e. The Kier molecular flexibility index (Phi) is 5.99. The molecule has 0 saturated carbocycles. The van der Waals surface area contributed by atoms with Crippen molar-refractivity contribution in [3.63, 3.8) is 0 Å². The third-order valence-corrected chi connectivity index (χ3v) is 3.63. The number of nitrogens with zero attached hydrogens (tertiary/aromatic N) is 2. The van der Waals surface area contributed by atoms with E-state index in [9.17, 15) is 0 Å². The van der Waals surface area contributed by atoms with E-state index in [-0.39, 0.29) is 0 Å². The van der Waals surface area contributed by atoms with E-state index in [4.69, 9.17) is 22.1 Å². The summed E-state index contributed by atoms with van der Waals surface area (Å²) < 4.78 is 5.58. The van der Waals surface area contributed by atoms with E-state index in [1.165, 1.54) is 25.7 Å². The van der Waals surface area contributed by atoms with Crippen LogP contribution in [0.15, 0.2) is 29.3 Å². The van der Waals surface area contributed by atoms with Crippen LogP contribution in [0.2, 0.25) is 5.02 Å². The van der Waals surface area contributed by atoms with Crippen molar-refractivity contribution >= 4 is 17.6 Å². The van der Waals surface area contributed by atoms with Gasteiger partial charge in [0.2, 0.25) is 0 Å². The van der Waals surface area contributed by atoms with Crippen LogP contribution in [0, 0.1) is 0 Å². The molecule has 1 aliphatic heterocycles. The van der Waals surface area contributed by atoms with E-state index in [1.807, 2.05) is 24.3 Å². The summed E-state index contributed by atoms with van der Waals surface area (Å²) >= 11 is 5.81. The van der Waals surface area contributed by atoms with Crippen molar-refractivity contribution in [3.05, 3.63) is 29.3 Å². The topological polar surface area (TPSA) is 50.9 Å². The van der Waals surface area contributed by atoms with Gasteiger partial charge in [0.1, 0.15) is 12.4 Å². The molecule has 0 unspecified atom stereocenters. The predicted molar refractivity (Wildman–Crippen MR) is 83.5 cm³/mol. The summed E-state index contributed by atoms with van der Waals surface area (Å²) in [7, 11) is 0. The highest BCUT2D eigenvalue weighted by atomic mass is 35.5. The van der Waals surface area contributed by atoms with Crippen LogP contribution in [0.25, 0.3) is 0 Å². The summed E-state index contributed by atoms with van der Waals surface area (Å²) in [4.78, 5) is 6.57. The maximum Gasteiger partial charge on any atom is 0.191 e. The molecule has 1 saturated heterocycles. The van der Waals surface area contributed by atoms with Gasteiger partial charge < -0.3 is 15.4 Å². The van der Waals surface area contributed by atoms with Crippen molar-refractivity contribution in [3.8, 4) is 5.75 Å². The monoisotopic (exact) mass is 295 g/mol. The van der Waals surface area contributed by atoms with Gasteiger partial charge in [0.15, 0.2) is 5.96 Å². The first-order valence-corrected chi connectivity index (χ1v) is 7.57. The number of hydrogen-bond acceptors (Lipinski definition) is 2. The van der Waals surface area contributed by atoms with Crippen molar-refractivity contribution < 1.29 is 4.74 Å². The molecule has 5 heteroatoms. The number of rotatable bonds is 4. The Morgan fingerprint density at radius 2 is 1.80 bits per heavy atom. The molecular weight excluding hydrogens is 274 g/mol. The molecule has 0 aromatic heterocycles. The zero-order chi connectivity index (χ0) is 14.2. The molecule has 0 radical (unpaired) electrons. The average Bonchev–Trinajstić information content (AvgIpc) is 2.74. The minimum atomic E-state index is 0.524. The third kappa shape index (κ3) is 4.93. The fourth-order valence-corrected chi connectivity index (χ4v) is 2.38.